The number of para-hydroxylation sites is 1. The van der Waals surface area contributed by atoms with E-state index < -0.39 is 31.0 Å². The number of carbonyl (C=O) groups is 2. The molecule has 9 heteroatoms. The average Bonchev–Trinajstić information content (AvgIpc) is 3.38. The molecule has 1 heterocycles. The molecule has 0 saturated heterocycles. The fourth-order valence-electron chi connectivity index (χ4n) is 3.67. The van der Waals surface area contributed by atoms with E-state index in [1.165, 1.54) is 0 Å². The Hall–Kier alpha value is -3.09. The molecule has 3 rings (SSSR count). The van der Waals surface area contributed by atoms with Gasteiger partial charge in [0.1, 0.15) is 17.6 Å². The summed E-state index contributed by atoms with van der Waals surface area (Å²) in [6, 6.07) is 18.7. The number of esters is 1. The zero-order chi connectivity index (χ0) is 26.9. The van der Waals surface area contributed by atoms with Crippen LogP contribution in [0.2, 0.25) is 0 Å². The highest BCUT2D eigenvalue weighted by Crippen LogP contribution is 2.48. The summed E-state index contributed by atoms with van der Waals surface area (Å²) in [4.78, 5) is 25.2. The molecular formula is C28H34NO6PS. The molecule has 0 aliphatic rings. The Morgan fingerprint density at radius 2 is 1.70 bits per heavy atom. The molecule has 37 heavy (non-hydrogen) atoms. The highest BCUT2D eigenvalue weighted by atomic mass is 32.1. The number of hydrogen-bond donors (Lipinski definition) is 1. The van der Waals surface area contributed by atoms with Gasteiger partial charge in [-0.1, -0.05) is 42.5 Å². The van der Waals surface area contributed by atoms with Crippen molar-refractivity contribution >= 4 is 30.8 Å². The standard InChI is InChI=1S/C28H34NO6PS/c1-5-33-26(30)24(17-21-11-13-22(14-12-21)23-15-16-37-19-23)18-36(32,35-25-9-7-6-8-10-25)20-29-27(31)34-28(2,3)4/h6-16,19,24H,5,17-18,20H2,1-4H3,(H,29,31)/t24-,36-/m1/s1. The first-order valence-electron chi connectivity index (χ1n) is 12.1. The van der Waals surface area contributed by atoms with Crippen LogP contribution < -0.4 is 9.84 Å². The SMILES string of the molecule is CCOC(=O)[C@H](Cc1ccc(-c2ccsc2)cc1)C[P@](=O)(CNC(=O)OC(C)(C)C)Oc1ccccc1. The fourth-order valence-corrected chi connectivity index (χ4v) is 6.43. The van der Waals surface area contributed by atoms with Crippen LogP contribution in [0.4, 0.5) is 4.79 Å². The number of ether oxygens (including phenoxy) is 2. The van der Waals surface area contributed by atoms with Crippen molar-refractivity contribution in [2.75, 3.05) is 19.1 Å². The van der Waals surface area contributed by atoms with Crippen molar-refractivity contribution in [3.63, 3.8) is 0 Å². The lowest BCUT2D eigenvalue weighted by atomic mass is 9.99. The Kier molecular flexibility index (Phi) is 9.95. The summed E-state index contributed by atoms with van der Waals surface area (Å²) in [6.07, 6.45) is -0.787. The number of thiophene rings is 1. The smallest absolute Gasteiger partial charge is 0.408 e. The zero-order valence-corrected chi connectivity index (χ0v) is 23.3. The predicted octanol–water partition coefficient (Wildman–Crippen LogP) is 6.98. The third-order valence-electron chi connectivity index (χ3n) is 5.29. The van der Waals surface area contributed by atoms with Crippen molar-refractivity contribution in [2.24, 2.45) is 5.92 Å². The molecule has 0 aliphatic heterocycles. The topological polar surface area (TPSA) is 90.9 Å². The van der Waals surface area contributed by atoms with Gasteiger partial charge in [0.05, 0.1) is 18.7 Å². The van der Waals surface area contributed by atoms with Gasteiger partial charge in [-0.15, -0.1) is 0 Å². The van der Waals surface area contributed by atoms with E-state index in [0.29, 0.717) is 12.2 Å². The lowest BCUT2D eigenvalue weighted by Gasteiger charge is -2.25. The number of nitrogens with one attached hydrogen (secondary N) is 1. The molecule has 1 amide bonds. The van der Waals surface area contributed by atoms with Crippen LogP contribution in [0.5, 0.6) is 5.75 Å². The number of alkyl carbamates (subject to hydrolysis) is 1. The van der Waals surface area contributed by atoms with Gasteiger partial charge in [0.2, 0.25) is 0 Å². The second-order valence-electron chi connectivity index (χ2n) is 9.60. The van der Waals surface area contributed by atoms with Crippen molar-refractivity contribution in [2.45, 2.75) is 39.7 Å². The normalized spacial score (nSPS) is 13.7. The first-order chi connectivity index (χ1) is 17.6. The van der Waals surface area contributed by atoms with Crippen LogP contribution in [0.25, 0.3) is 11.1 Å². The van der Waals surface area contributed by atoms with Gasteiger partial charge in [-0.3, -0.25) is 9.36 Å². The van der Waals surface area contributed by atoms with Crippen LogP contribution >= 0.6 is 18.7 Å². The van der Waals surface area contributed by atoms with Gasteiger partial charge in [-0.2, -0.15) is 11.3 Å². The second kappa shape index (κ2) is 12.9. The number of rotatable bonds is 11. The molecule has 2 aromatic carbocycles. The summed E-state index contributed by atoms with van der Waals surface area (Å²) in [6.45, 7) is 7.16. The summed E-state index contributed by atoms with van der Waals surface area (Å²) < 4.78 is 30.6. The quantitative estimate of drug-likeness (QED) is 0.207. The Balaban J connectivity index is 1.81. The van der Waals surface area contributed by atoms with Gasteiger partial charge < -0.3 is 19.3 Å². The summed E-state index contributed by atoms with van der Waals surface area (Å²) in [5, 5.41) is 6.66. The number of hydrogen-bond acceptors (Lipinski definition) is 7. The molecule has 7 nitrogen and oxygen atoms in total. The van der Waals surface area contributed by atoms with E-state index in [2.05, 4.69) is 16.8 Å². The molecule has 3 aromatic rings. The molecule has 0 fully saturated rings. The molecule has 1 aromatic heterocycles. The Morgan fingerprint density at radius 1 is 1.00 bits per heavy atom. The van der Waals surface area contributed by atoms with E-state index in [-0.39, 0.29) is 19.1 Å². The fraction of sp³-hybridized carbons (Fsp3) is 0.357. The summed E-state index contributed by atoms with van der Waals surface area (Å²) in [5.74, 6) is -0.806. The third-order valence-corrected chi connectivity index (χ3v) is 8.15. The molecular weight excluding hydrogens is 509 g/mol. The Bertz CT molecular complexity index is 1190. The van der Waals surface area contributed by atoms with Gasteiger partial charge in [-0.25, -0.2) is 4.79 Å². The maximum Gasteiger partial charge on any atom is 0.408 e. The van der Waals surface area contributed by atoms with Gasteiger partial charge in [0.15, 0.2) is 0 Å². The maximum atomic E-state index is 14.1. The Labute approximate surface area is 222 Å². The molecule has 2 atom stereocenters. The van der Waals surface area contributed by atoms with E-state index in [1.807, 2.05) is 35.7 Å². The van der Waals surface area contributed by atoms with Gasteiger partial charge >= 0.3 is 12.1 Å². The molecule has 0 bridgehead atoms. The maximum absolute atomic E-state index is 14.1. The van der Waals surface area contributed by atoms with Gasteiger partial charge in [0, 0.05) is 0 Å². The Morgan fingerprint density at radius 3 is 2.30 bits per heavy atom. The zero-order valence-electron chi connectivity index (χ0n) is 21.6. The predicted molar refractivity (Wildman–Crippen MR) is 147 cm³/mol. The first kappa shape index (κ1) is 28.5. The van der Waals surface area contributed by atoms with Gasteiger partial charge in [0.25, 0.3) is 7.37 Å². The molecule has 0 saturated carbocycles. The molecule has 198 valence electrons. The number of carbonyl (C=O) groups excluding carboxylic acids is 2. The largest absolute Gasteiger partial charge is 0.466 e. The van der Waals surface area contributed by atoms with E-state index in [4.69, 9.17) is 14.0 Å². The summed E-state index contributed by atoms with van der Waals surface area (Å²) >= 11 is 1.63. The van der Waals surface area contributed by atoms with E-state index >= 15 is 0 Å². The third kappa shape index (κ3) is 9.38. The van der Waals surface area contributed by atoms with Crippen molar-refractivity contribution in [3.8, 4) is 16.9 Å². The van der Waals surface area contributed by atoms with E-state index in [9.17, 15) is 14.2 Å². The van der Waals surface area contributed by atoms with Crippen LogP contribution in [0.1, 0.15) is 33.3 Å². The van der Waals surface area contributed by atoms with Crippen LogP contribution in [0.15, 0.2) is 71.4 Å². The van der Waals surface area contributed by atoms with Crippen molar-refractivity contribution in [1.29, 1.82) is 0 Å². The van der Waals surface area contributed by atoms with Crippen LogP contribution in [-0.2, 0) is 25.3 Å². The van der Waals surface area contributed by atoms with Crippen LogP contribution in [0, 0.1) is 5.92 Å². The molecule has 0 unspecified atom stereocenters. The highest BCUT2D eigenvalue weighted by Gasteiger charge is 2.35. The van der Waals surface area contributed by atoms with E-state index in [1.54, 1.807) is 63.3 Å². The molecule has 0 aliphatic carbocycles. The number of amides is 1. The minimum Gasteiger partial charge on any atom is -0.466 e. The summed E-state index contributed by atoms with van der Waals surface area (Å²) in [5.41, 5.74) is 2.41. The minimum absolute atomic E-state index is 0.108. The molecule has 1 N–H and O–H groups in total. The summed E-state index contributed by atoms with van der Waals surface area (Å²) in [7, 11) is -3.59. The van der Waals surface area contributed by atoms with Gasteiger partial charge in [-0.05, 0) is 79.8 Å². The molecule has 0 spiro atoms. The monoisotopic (exact) mass is 543 g/mol. The minimum atomic E-state index is -3.59. The van der Waals surface area contributed by atoms with Crippen LogP contribution in [-0.4, -0.2) is 36.7 Å². The van der Waals surface area contributed by atoms with Crippen molar-refractivity contribution in [3.05, 3.63) is 77.0 Å². The van der Waals surface area contributed by atoms with E-state index in [0.717, 1.165) is 16.7 Å². The van der Waals surface area contributed by atoms with Crippen molar-refractivity contribution < 1.29 is 28.2 Å². The second-order valence-corrected chi connectivity index (χ2v) is 12.9. The lowest BCUT2D eigenvalue weighted by molar-refractivity contribution is -0.147. The lowest BCUT2D eigenvalue weighted by Crippen LogP contribution is -2.34. The van der Waals surface area contributed by atoms with Crippen LogP contribution in [0.3, 0.4) is 0 Å². The number of benzene rings is 2. The molecule has 0 radical (unpaired) electrons. The highest BCUT2D eigenvalue weighted by molar-refractivity contribution is 7.59. The van der Waals surface area contributed by atoms with Crippen molar-refractivity contribution in [1.82, 2.24) is 5.32 Å². The average molecular weight is 544 g/mol. The first-order valence-corrected chi connectivity index (χ1v) is 15.1.